The number of alkyl carbamates (subject to hydrolysis) is 1. The first-order valence-corrected chi connectivity index (χ1v) is 5.40. The first-order valence-electron chi connectivity index (χ1n) is 5.40. The summed E-state index contributed by atoms with van der Waals surface area (Å²) in [4.78, 5) is 22.8. The first-order chi connectivity index (χ1) is 7.53. The van der Waals surface area contributed by atoms with Gasteiger partial charge in [-0.3, -0.25) is 0 Å². The van der Waals surface area contributed by atoms with Gasteiger partial charge in [-0.1, -0.05) is 13.0 Å². The highest BCUT2D eigenvalue weighted by Gasteiger charge is 2.40. The molecule has 0 radical (unpaired) electrons. The molecule has 0 aliphatic heterocycles. The second kappa shape index (κ2) is 5.21. The molecule has 0 saturated heterocycles. The van der Waals surface area contributed by atoms with Gasteiger partial charge >= 0.3 is 12.1 Å². The fourth-order valence-corrected chi connectivity index (χ4v) is 1.11. The van der Waals surface area contributed by atoms with E-state index < -0.39 is 29.1 Å². The Morgan fingerprint density at radius 3 is 2.12 bits per heavy atom. The molecule has 1 amide bonds. The molecule has 0 bridgehead atoms. The number of hydrogen-bond donors (Lipinski definition) is 2. The minimum atomic E-state index is -1.43. The molecular formula is C12H21NO4. The largest absolute Gasteiger partial charge is 0.479 e. The van der Waals surface area contributed by atoms with Crippen LogP contribution in [0.5, 0.6) is 0 Å². The maximum absolute atomic E-state index is 11.6. The SMILES string of the molecule is C=C[C@@H](C)[C@](C)(NC(=O)OC(C)(C)C)C(=O)O. The lowest BCUT2D eigenvalue weighted by Crippen LogP contribution is -2.57. The van der Waals surface area contributed by atoms with Crippen LogP contribution in [-0.2, 0) is 9.53 Å². The van der Waals surface area contributed by atoms with Crippen molar-refractivity contribution in [2.75, 3.05) is 0 Å². The molecule has 17 heavy (non-hydrogen) atoms. The van der Waals surface area contributed by atoms with Crippen molar-refractivity contribution in [3.8, 4) is 0 Å². The average Bonchev–Trinajstić information content (AvgIpc) is 2.12. The zero-order chi connectivity index (χ0) is 13.9. The van der Waals surface area contributed by atoms with Gasteiger partial charge in [0, 0.05) is 5.92 Å². The van der Waals surface area contributed by atoms with Gasteiger partial charge in [-0.2, -0.15) is 0 Å². The summed E-state index contributed by atoms with van der Waals surface area (Å²) in [5, 5.41) is 11.5. The lowest BCUT2D eigenvalue weighted by Gasteiger charge is -2.31. The summed E-state index contributed by atoms with van der Waals surface area (Å²) in [6.45, 7) is 11.8. The molecular weight excluding hydrogens is 222 g/mol. The number of carbonyl (C=O) groups excluding carboxylic acids is 1. The quantitative estimate of drug-likeness (QED) is 0.742. The minimum absolute atomic E-state index is 0.424. The number of carbonyl (C=O) groups is 2. The molecule has 5 nitrogen and oxygen atoms in total. The predicted molar refractivity (Wildman–Crippen MR) is 64.8 cm³/mol. The molecule has 2 N–H and O–H groups in total. The van der Waals surface area contributed by atoms with E-state index >= 15 is 0 Å². The van der Waals surface area contributed by atoms with Crippen molar-refractivity contribution < 1.29 is 19.4 Å². The lowest BCUT2D eigenvalue weighted by atomic mass is 9.87. The van der Waals surface area contributed by atoms with Crippen molar-refractivity contribution in [1.82, 2.24) is 5.32 Å². The molecule has 0 heterocycles. The molecule has 98 valence electrons. The van der Waals surface area contributed by atoms with E-state index in [-0.39, 0.29) is 0 Å². The topological polar surface area (TPSA) is 75.6 Å². The number of carboxylic acids is 1. The van der Waals surface area contributed by atoms with Gasteiger partial charge in [0.1, 0.15) is 11.1 Å². The Morgan fingerprint density at radius 1 is 1.35 bits per heavy atom. The Balaban J connectivity index is 4.85. The van der Waals surface area contributed by atoms with Crippen LogP contribution in [-0.4, -0.2) is 28.3 Å². The van der Waals surface area contributed by atoms with Gasteiger partial charge in [-0.05, 0) is 27.7 Å². The highest BCUT2D eigenvalue weighted by Crippen LogP contribution is 2.19. The molecule has 0 aromatic heterocycles. The van der Waals surface area contributed by atoms with Crippen molar-refractivity contribution in [3.05, 3.63) is 12.7 Å². The third-order valence-corrected chi connectivity index (χ3v) is 2.47. The summed E-state index contributed by atoms with van der Waals surface area (Å²) in [6, 6.07) is 0. The summed E-state index contributed by atoms with van der Waals surface area (Å²) in [6.07, 6.45) is 0.724. The fourth-order valence-electron chi connectivity index (χ4n) is 1.11. The molecule has 2 atom stereocenters. The Bertz CT molecular complexity index is 319. The average molecular weight is 243 g/mol. The van der Waals surface area contributed by atoms with Crippen LogP contribution in [0.2, 0.25) is 0 Å². The molecule has 0 aromatic carbocycles. The highest BCUT2D eigenvalue weighted by molar-refractivity contribution is 5.84. The number of amides is 1. The van der Waals surface area contributed by atoms with Gasteiger partial charge in [0.05, 0.1) is 0 Å². The Labute approximate surface area is 102 Å². The standard InChI is InChI=1S/C12H21NO4/c1-7-8(2)12(6,9(14)15)13-10(16)17-11(3,4)5/h7-8H,1H2,2-6H3,(H,13,16)(H,14,15)/t8-,12+/m1/s1. The van der Waals surface area contributed by atoms with E-state index in [0.29, 0.717) is 0 Å². The summed E-state index contributed by atoms with van der Waals surface area (Å²) < 4.78 is 5.03. The molecule has 5 heteroatoms. The summed E-state index contributed by atoms with van der Waals surface area (Å²) >= 11 is 0. The summed E-state index contributed by atoms with van der Waals surface area (Å²) in [7, 11) is 0. The fraction of sp³-hybridized carbons (Fsp3) is 0.667. The van der Waals surface area contributed by atoms with E-state index in [0.717, 1.165) is 0 Å². The van der Waals surface area contributed by atoms with Crippen molar-refractivity contribution in [3.63, 3.8) is 0 Å². The van der Waals surface area contributed by atoms with E-state index in [1.54, 1.807) is 27.7 Å². The smallest absolute Gasteiger partial charge is 0.408 e. The van der Waals surface area contributed by atoms with Gasteiger partial charge < -0.3 is 15.2 Å². The van der Waals surface area contributed by atoms with Gasteiger partial charge in [-0.15, -0.1) is 6.58 Å². The van der Waals surface area contributed by atoms with Crippen LogP contribution in [0.3, 0.4) is 0 Å². The van der Waals surface area contributed by atoms with Gasteiger partial charge in [0.15, 0.2) is 0 Å². The zero-order valence-electron chi connectivity index (χ0n) is 11.0. The minimum Gasteiger partial charge on any atom is -0.479 e. The Kier molecular flexibility index (Phi) is 4.74. The van der Waals surface area contributed by atoms with E-state index in [1.165, 1.54) is 13.0 Å². The van der Waals surface area contributed by atoms with Crippen LogP contribution < -0.4 is 5.32 Å². The van der Waals surface area contributed by atoms with Crippen molar-refractivity contribution in [1.29, 1.82) is 0 Å². The molecule has 0 fully saturated rings. The second-order valence-electron chi connectivity index (χ2n) is 5.16. The maximum Gasteiger partial charge on any atom is 0.408 e. The van der Waals surface area contributed by atoms with Crippen LogP contribution >= 0.6 is 0 Å². The van der Waals surface area contributed by atoms with Crippen LogP contribution in [0.1, 0.15) is 34.6 Å². The highest BCUT2D eigenvalue weighted by atomic mass is 16.6. The normalized spacial score (nSPS) is 16.5. The number of hydrogen-bond acceptors (Lipinski definition) is 3. The lowest BCUT2D eigenvalue weighted by molar-refractivity contribution is -0.145. The number of nitrogens with one attached hydrogen (secondary N) is 1. The third-order valence-electron chi connectivity index (χ3n) is 2.47. The molecule has 0 aliphatic rings. The van der Waals surface area contributed by atoms with Crippen LogP contribution in [0, 0.1) is 5.92 Å². The molecule has 0 spiro atoms. The van der Waals surface area contributed by atoms with Crippen molar-refractivity contribution >= 4 is 12.1 Å². The van der Waals surface area contributed by atoms with Gasteiger partial charge in [0.25, 0.3) is 0 Å². The second-order valence-corrected chi connectivity index (χ2v) is 5.16. The van der Waals surface area contributed by atoms with Crippen molar-refractivity contribution in [2.24, 2.45) is 5.92 Å². The summed E-state index contributed by atoms with van der Waals surface area (Å²) in [5.41, 5.74) is -2.09. The first kappa shape index (κ1) is 15.5. The van der Waals surface area contributed by atoms with E-state index in [4.69, 9.17) is 9.84 Å². The maximum atomic E-state index is 11.6. The van der Waals surface area contributed by atoms with E-state index in [2.05, 4.69) is 11.9 Å². The third kappa shape index (κ3) is 4.46. The Hall–Kier alpha value is -1.52. The van der Waals surface area contributed by atoms with Crippen LogP contribution in [0.15, 0.2) is 12.7 Å². The number of carboxylic acid groups (broad SMARTS) is 1. The molecule has 0 aromatic rings. The van der Waals surface area contributed by atoms with Gasteiger partial charge in [-0.25, -0.2) is 9.59 Å². The van der Waals surface area contributed by atoms with Crippen LogP contribution in [0.4, 0.5) is 4.79 Å². The molecule has 0 saturated carbocycles. The zero-order valence-corrected chi connectivity index (χ0v) is 11.0. The molecule has 0 rings (SSSR count). The molecule has 0 unspecified atom stereocenters. The number of ether oxygens (including phenoxy) is 1. The number of rotatable bonds is 4. The number of aliphatic carboxylic acids is 1. The van der Waals surface area contributed by atoms with Gasteiger partial charge in [0.2, 0.25) is 0 Å². The molecule has 0 aliphatic carbocycles. The summed E-state index contributed by atoms with van der Waals surface area (Å²) in [5.74, 6) is -1.55. The van der Waals surface area contributed by atoms with E-state index in [1.807, 2.05) is 0 Å². The van der Waals surface area contributed by atoms with E-state index in [9.17, 15) is 9.59 Å². The van der Waals surface area contributed by atoms with Crippen LogP contribution in [0.25, 0.3) is 0 Å². The predicted octanol–water partition coefficient (Wildman–Crippen LogP) is 2.18. The Morgan fingerprint density at radius 2 is 1.82 bits per heavy atom. The van der Waals surface area contributed by atoms with Crippen molar-refractivity contribution in [2.45, 2.75) is 45.8 Å². The monoisotopic (exact) mass is 243 g/mol.